The van der Waals surface area contributed by atoms with Crippen LogP contribution >= 0.6 is 0 Å². The van der Waals surface area contributed by atoms with Gasteiger partial charge in [-0.15, -0.1) is 0 Å². The lowest BCUT2D eigenvalue weighted by atomic mass is 10.1. The van der Waals surface area contributed by atoms with E-state index in [0.717, 1.165) is 0 Å². The third kappa shape index (κ3) is 11.6. The fourth-order valence-corrected chi connectivity index (χ4v) is 3.82. The van der Waals surface area contributed by atoms with Crippen molar-refractivity contribution < 1.29 is 18.3 Å². The Morgan fingerprint density at radius 2 is 1.42 bits per heavy atom. The molecule has 0 aromatic carbocycles. The van der Waals surface area contributed by atoms with Gasteiger partial charge in [-0.3, -0.25) is 0 Å². The molecule has 1 unspecified atom stereocenters. The van der Waals surface area contributed by atoms with Crippen LogP contribution < -0.4 is 0 Å². The van der Waals surface area contributed by atoms with Gasteiger partial charge in [0.2, 0.25) is 0 Å². The van der Waals surface area contributed by atoms with Crippen LogP contribution in [0.1, 0.15) is 46.0 Å². The van der Waals surface area contributed by atoms with Gasteiger partial charge in [0.15, 0.2) is 0 Å². The monoisotopic (exact) mass is 292 g/mol. The summed E-state index contributed by atoms with van der Waals surface area (Å²) in [5, 5.41) is 0. The van der Waals surface area contributed by atoms with Crippen LogP contribution in [0.2, 0.25) is 5.54 Å². The molecular weight excluding hydrogens is 260 g/mol. The predicted octanol–water partition coefficient (Wildman–Crippen LogP) is 2.89. The van der Waals surface area contributed by atoms with Gasteiger partial charge in [0, 0.05) is 14.2 Å². The van der Waals surface area contributed by atoms with Gasteiger partial charge in [-0.2, -0.15) is 0 Å². The minimum atomic E-state index is -1.60. The zero-order valence-corrected chi connectivity index (χ0v) is 14.3. The SMILES string of the molecule is CCCCCCC(C)[SiH](OCCOC)OCCOC. The molecule has 0 rings (SSSR count). The van der Waals surface area contributed by atoms with Gasteiger partial charge in [-0.25, -0.2) is 0 Å². The maximum absolute atomic E-state index is 5.88. The van der Waals surface area contributed by atoms with E-state index in [-0.39, 0.29) is 0 Å². The summed E-state index contributed by atoms with van der Waals surface area (Å²) in [6.45, 7) is 7.05. The van der Waals surface area contributed by atoms with Crippen LogP contribution in [0, 0.1) is 0 Å². The van der Waals surface area contributed by atoms with E-state index in [1.807, 2.05) is 0 Å². The average molecular weight is 292 g/mol. The average Bonchev–Trinajstić information content (AvgIpc) is 2.42. The van der Waals surface area contributed by atoms with Gasteiger partial charge in [0.25, 0.3) is 0 Å². The molecular formula is C14H32O4Si. The fourth-order valence-electron chi connectivity index (χ4n) is 1.90. The minimum absolute atomic E-state index is 0.547. The third-order valence-corrected chi connectivity index (χ3v) is 5.51. The predicted molar refractivity (Wildman–Crippen MR) is 81.0 cm³/mol. The van der Waals surface area contributed by atoms with E-state index < -0.39 is 9.28 Å². The Morgan fingerprint density at radius 1 is 0.842 bits per heavy atom. The Morgan fingerprint density at radius 3 is 1.89 bits per heavy atom. The smallest absolute Gasteiger partial charge is 0.324 e. The molecule has 1 atom stereocenters. The highest BCUT2D eigenvalue weighted by atomic mass is 28.3. The molecule has 0 bridgehead atoms. The maximum atomic E-state index is 5.88. The first-order valence-electron chi connectivity index (χ1n) is 7.47. The lowest BCUT2D eigenvalue weighted by Crippen LogP contribution is -2.30. The standard InChI is InChI=1S/C14H32O4Si/c1-5-6-7-8-9-14(2)19(17-12-10-15-3)18-13-11-16-4/h14,19H,5-13H2,1-4H3. The number of ether oxygens (including phenoxy) is 2. The minimum Gasteiger partial charge on any atom is -0.394 e. The van der Waals surface area contributed by atoms with E-state index in [1.165, 1.54) is 32.1 Å². The molecule has 0 aromatic rings. The van der Waals surface area contributed by atoms with Crippen LogP contribution in [0.5, 0.6) is 0 Å². The summed E-state index contributed by atoms with van der Waals surface area (Å²) in [5.41, 5.74) is 0.547. The van der Waals surface area contributed by atoms with Gasteiger partial charge in [0.05, 0.1) is 26.4 Å². The topological polar surface area (TPSA) is 36.9 Å². The van der Waals surface area contributed by atoms with Gasteiger partial charge < -0.3 is 18.3 Å². The molecule has 4 nitrogen and oxygen atoms in total. The van der Waals surface area contributed by atoms with Crippen LogP contribution in [-0.2, 0) is 18.3 Å². The van der Waals surface area contributed by atoms with E-state index in [4.69, 9.17) is 18.3 Å². The van der Waals surface area contributed by atoms with Crippen molar-refractivity contribution in [3.63, 3.8) is 0 Å². The first-order chi connectivity index (χ1) is 9.26. The highest BCUT2D eigenvalue weighted by molar-refractivity contribution is 6.46. The molecule has 0 spiro atoms. The van der Waals surface area contributed by atoms with Gasteiger partial charge in [-0.1, -0.05) is 39.5 Å². The molecule has 5 heteroatoms. The first kappa shape index (κ1) is 19.1. The van der Waals surface area contributed by atoms with Crippen molar-refractivity contribution in [2.24, 2.45) is 0 Å². The fraction of sp³-hybridized carbons (Fsp3) is 1.00. The summed E-state index contributed by atoms with van der Waals surface area (Å²) in [5.74, 6) is 0. The molecule has 0 radical (unpaired) electrons. The van der Waals surface area contributed by atoms with Crippen molar-refractivity contribution in [2.45, 2.75) is 51.5 Å². The van der Waals surface area contributed by atoms with E-state index in [1.54, 1.807) is 14.2 Å². The van der Waals surface area contributed by atoms with Gasteiger partial charge >= 0.3 is 9.28 Å². The molecule has 0 N–H and O–H groups in total. The highest BCUT2D eigenvalue weighted by Crippen LogP contribution is 2.20. The highest BCUT2D eigenvalue weighted by Gasteiger charge is 2.21. The van der Waals surface area contributed by atoms with E-state index in [0.29, 0.717) is 32.0 Å². The van der Waals surface area contributed by atoms with Crippen LogP contribution in [0.15, 0.2) is 0 Å². The van der Waals surface area contributed by atoms with Crippen LogP contribution in [0.25, 0.3) is 0 Å². The Bertz CT molecular complexity index is 171. The summed E-state index contributed by atoms with van der Waals surface area (Å²) in [4.78, 5) is 0. The van der Waals surface area contributed by atoms with E-state index in [9.17, 15) is 0 Å². The maximum Gasteiger partial charge on any atom is 0.324 e. The molecule has 0 saturated carbocycles. The van der Waals surface area contributed by atoms with Crippen molar-refractivity contribution in [3.8, 4) is 0 Å². The quantitative estimate of drug-likeness (QED) is 0.364. The molecule has 116 valence electrons. The Kier molecular flexibility index (Phi) is 14.5. The number of unbranched alkanes of at least 4 members (excludes halogenated alkanes) is 3. The normalized spacial score (nSPS) is 13.1. The molecule has 0 aliphatic carbocycles. The summed E-state index contributed by atoms with van der Waals surface area (Å²) in [6.07, 6.45) is 6.41. The first-order valence-corrected chi connectivity index (χ1v) is 9.08. The van der Waals surface area contributed by atoms with Crippen molar-refractivity contribution in [1.82, 2.24) is 0 Å². The molecule has 0 saturated heterocycles. The van der Waals surface area contributed by atoms with Crippen molar-refractivity contribution in [1.29, 1.82) is 0 Å². The second kappa shape index (κ2) is 14.5. The zero-order valence-electron chi connectivity index (χ0n) is 13.2. The molecule has 0 amide bonds. The van der Waals surface area contributed by atoms with Crippen LogP contribution in [0.4, 0.5) is 0 Å². The number of rotatable bonds is 14. The number of hydrogen-bond donors (Lipinski definition) is 0. The van der Waals surface area contributed by atoms with Crippen LogP contribution in [0.3, 0.4) is 0 Å². The Hall–Kier alpha value is 0.0569. The van der Waals surface area contributed by atoms with Crippen molar-refractivity contribution in [3.05, 3.63) is 0 Å². The lowest BCUT2D eigenvalue weighted by Gasteiger charge is -2.22. The molecule has 0 aliphatic heterocycles. The molecule has 0 aliphatic rings. The molecule has 0 fully saturated rings. The molecule has 19 heavy (non-hydrogen) atoms. The summed E-state index contributed by atoms with van der Waals surface area (Å²) in [7, 11) is 1.79. The van der Waals surface area contributed by atoms with Crippen molar-refractivity contribution in [2.75, 3.05) is 40.6 Å². The Labute approximate surface area is 120 Å². The largest absolute Gasteiger partial charge is 0.394 e. The van der Waals surface area contributed by atoms with Gasteiger partial charge in [-0.05, 0) is 12.0 Å². The number of hydrogen-bond acceptors (Lipinski definition) is 4. The molecule has 0 heterocycles. The van der Waals surface area contributed by atoms with Gasteiger partial charge in [0.1, 0.15) is 0 Å². The van der Waals surface area contributed by atoms with Crippen molar-refractivity contribution >= 4 is 9.28 Å². The zero-order chi connectivity index (χ0) is 14.3. The molecule has 0 aromatic heterocycles. The second-order valence-corrected chi connectivity index (χ2v) is 7.46. The third-order valence-electron chi connectivity index (χ3n) is 3.12. The lowest BCUT2D eigenvalue weighted by molar-refractivity contribution is 0.0960. The Balaban J connectivity index is 3.90. The second-order valence-electron chi connectivity index (χ2n) is 4.92. The number of methoxy groups -OCH3 is 2. The van der Waals surface area contributed by atoms with E-state index >= 15 is 0 Å². The van der Waals surface area contributed by atoms with Crippen LogP contribution in [-0.4, -0.2) is 49.9 Å². The summed E-state index contributed by atoms with van der Waals surface area (Å²) >= 11 is 0. The summed E-state index contributed by atoms with van der Waals surface area (Å²) < 4.78 is 21.8. The summed E-state index contributed by atoms with van der Waals surface area (Å²) in [6, 6.07) is 0. The van der Waals surface area contributed by atoms with E-state index in [2.05, 4.69) is 13.8 Å².